The molecule has 0 aliphatic carbocycles. The molecule has 8 nitrogen and oxygen atoms in total. The number of carbonyl (C=O) groups is 2. The molecule has 0 atom stereocenters. The third kappa shape index (κ3) is 4.72. The van der Waals surface area contributed by atoms with E-state index in [1.165, 1.54) is 16.4 Å². The minimum Gasteiger partial charge on any atom is -0.462 e. The van der Waals surface area contributed by atoms with Crippen molar-refractivity contribution in [3.63, 3.8) is 0 Å². The molecule has 1 heterocycles. The number of hydrogen-bond acceptors (Lipinski definition) is 6. The van der Waals surface area contributed by atoms with Crippen molar-refractivity contribution < 1.29 is 23.5 Å². The summed E-state index contributed by atoms with van der Waals surface area (Å²) >= 11 is 1.23. The largest absolute Gasteiger partial charge is 0.462 e. The number of hydrogen-bond donors (Lipinski definition) is 2. The SMILES string of the molecule is CCOC(=O)c1ccc(NC(=O)CCSc2c(=O)o[nH][n+]2C)cc1. The number of nitrogens with zero attached hydrogens (tertiary/aromatic N) is 1. The maximum absolute atomic E-state index is 11.9. The quantitative estimate of drug-likeness (QED) is 0.439. The van der Waals surface area contributed by atoms with E-state index in [4.69, 9.17) is 4.74 Å². The van der Waals surface area contributed by atoms with Crippen molar-refractivity contribution in [3.8, 4) is 0 Å². The Morgan fingerprint density at radius 3 is 2.62 bits per heavy atom. The second-order valence-electron chi connectivity index (χ2n) is 4.79. The van der Waals surface area contributed by atoms with Crippen LogP contribution in [0.5, 0.6) is 0 Å². The van der Waals surface area contributed by atoms with Crippen molar-refractivity contribution in [3.05, 3.63) is 40.2 Å². The molecule has 9 heteroatoms. The van der Waals surface area contributed by atoms with Gasteiger partial charge in [-0.3, -0.25) is 9.32 Å². The van der Waals surface area contributed by atoms with Crippen LogP contribution < -0.4 is 15.6 Å². The Morgan fingerprint density at radius 1 is 1.33 bits per heavy atom. The van der Waals surface area contributed by atoms with Gasteiger partial charge in [0.25, 0.3) is 0 Å². The van der Waals surface area contributed by atoms with Gasteiger partial charge < -0.3 is 10.1 Å². The fourth-order valence-corrected chi connectivity index (χ4v) is 2.73. The summed E-state index contributed by atoms with van der Waals surface area (Å²) in [5.74, 6) is -0.151. The lowest BCUT2D eigenvalue weighted by atomic mass is 10.2. The summed E-state index contributed by atoms with van der Waals surface area (Å²) in [4.78, 5) is 34.8. The summed E-state index contributed by atoms with van der Waals surface area (Å²) in [5.41, 5.74) is 0.555. The topological polar surface area (TPSA) is 105 Å². The monoisotopic (exact) mass is 352 g/mol. The van der Waals surface area contributed by atoms with E-state index in [2.05, 4.69) is 15.1 Å². The molecule has 0 bridgehead atoms. The number of aromatic nitrogens is 2. The molecule has 2 rings (SSSR count). The predicted molar refractivity (Wildman–Crippen MR) is 86.9 cm³/mol. The van der Waals surface area contributed by atoms with Gasteiger partial charge in [-0.2, -0.15) is 0 Å². The van der Waals surface area contributed by atoms with Gasteiger partial charge in [-0.1, -0.05) is 4.68 Å². The summed E-state index contributed by atoms with van der Waals surface area (Å²) in [6.45, 7) is 2.05. The first kappa shape index (κ1) is 17.8. The lowest BCUT2D eigenvalue weighted by Crippen LogP contribution is -2.33. The van der Waals surface area contributed by atoms with Crippen LogP contribution in [0.25, 0.3) is 0 Å². The number of rotatable bonds is 7. The van der Waals surface area contributed by atoms with Crippen LogP contribution in [0.2, 0.25) is 0 Å². The van der Waals surface area contributed by atoms with Crippen LogP contribution in [0.4, 0.5) is 5.69 Å². The Labute approximate surface area is 142 Å². The Kier molecular flexibility index (Phi) is 6.19. The number of benzene rings is 1. The average molecular weight is 352 g/mol. The normalized spacial score (nSPS) is 10.4. The Balaban J connectivity index is 1.82. The van der Waals surface area contributed by atoms with Crippen LogP contribution in [-0.2, 0) is 16.6 Å². The number of aryl methyl sites for hydroxylation is 1. The summed E-state index contributed by atoms with van der Waals surface area (Å²) in [7, 11) is 1.65. The highest BCUT2D eigenvalue weighted by Gasteiger charge is 2.18. The van der Waals surface area contributed by atoms with Crippen LogP contribution in [0.1, 0.15) is 23.7 Å². The summed E-state index contributed by atoms with van der Waals surface area (Å²) in [6.07, 6.45) is 0.231. The van der Waals surface area contributed by atoms with Crippen molar-refractivity contribution in [2.45, 2.75) is 18.4 Å². The Bertz CT molecular complexity index is 766. The van der Waals surface area contributed by atoms with E-state index >= 15 is 0 Å². The lowest BCUT2D eigenvalue weighted by molar-refractivity contribution is -0.772. The highest BCUT2D eigenvalue weighted by molar-refractivity contribution is 7.99. The highest BCUT2D eigenvalue weighted by Crippen LogP contribution is 2.13. The van der Waals surface area contributed by atoms with Crippen LogP contribution in [0.15, 0.2) is 38.6 Å². The van der Waals surface area contributed by atoms with Gasteiger partial charge in [-0.25, -0.2) is 9.59 Å². The van der Waals surface area contributed by atoms with Gasteiger partial charge in [-0.15, -0.1) is 0 Å². The zero-order valence-corrected chi connectivity index (χ0v) is 14.1. The zero-order chi connectivity index (χ0) is 17.5. The molecule has 24 heavy (non-hydrogen) atoms. The molecule has 1 amide bonds. The van der Waals surface area contributed by atoms with Crippen molar-refractivity contribution >= 4 is 29.3 Å². The molecule has 0 saturated heterocycles. The van der Waals surface area contributed by atoms with Gasteiger partial charge >= 0.3 is 16.6 Å². The number of anilines is 1. The fraction of sp³-hybridized carbons (Fsp3) is 0.333. The number of nitrogens with one attached hydrogen (secondary N) is 2. The first-order chi connectivity index (χ1) is 11.5. The van der Waals surface area contributed by atoms with E-state index in [1.807, 2.05) is 0 Å². The Hall–Kier alpha value is -2.55. The van der Waals surface area contributed by atoms with Crippen molar-refractivity contribution in [1.82, 2.24) is 5.27 Å². The van der Waals surface area contributed by atoms with Crippen LogP contribution in [0, 0.1) is 0 Å². The fourth-order valence-electron chi connectivity index (χ4n) is 1.86. The molecule has 0 fully saturated rings. The molecule has 0 unspecified atom stereocenters. The number of carbonyl (C=O) groups excluding carboxylic acids is 2. The van der Waals surface area contributed by atoms with Crippen molar-refractivity contribution in [2.75, 3.05) is 17.7 Å². The maximum atomic E-state index is 11.9. The first-order valence-corrected chi connectivity index (χ1v) is 8.27. The smallest absolute Gasteiger partial charge is 0.441 e. The molecular weight excluding hydrogens is 334 g/mol. The van der Waals surface area contributed by atoms with Gasteiger partial charge in [0.2, 0.25) is 5.91 Å². The van der Waals surface area contributed by atoms with Crippen LogP contribution >= 0.6 is 11.8 Å². The number of thioether (sulfide) groups is 1. The van der Waals surface area contributed by atoms with E-state index in [-0.39, 0.29) is 12.3 Å². The van der Waals surface area contributed by atoms with Crippen LogP contribution in [-0.4, -0.2) is 29.5 Å². The van der Waals surface area contributed by atoms with Crippen LogP contribution in [0.3, 0.4) is 0 Å². The van der Waals surface area contributed by atoms with E-state index < -0.39 is 11.6 Å². The Morgan fingerprint density at radius 2 is 2.04 bits per heavy atom. The molecule has 2 aromatic rings. The van der Waals surface area contributed by atoms with Gasteiger partial charge in [0.05, 0.1) is 12.2 Å². The van der Waals surface area contributed by atoms with Gasteiger partial charge in [-0.05, 0) is 48.2 Å². The molecule has 0 radical (unpaired) electrons. The molecular formula is C15H18N3O5S+. The van der Waals surface area contributed by atoms with Gasteiger partial charge in [0.1, 0.15) is 0 Å². The number of esters is 1. The molecule has 1 aromatic carbocycles. The third-order valence-electron chi connectivity index (χ3n) is 3.00. The molecule has 128 valence electrons. The second-order valence-corrected chi connectivity index (χ2v) is 5.87. The summed E-state index contributed by atoms with van der Waals surface area (Å²) in [5, 5.41) is 5.54. The predicted octanol–water partition coefficient (Wildman–Crippen LogP) is 1.09. The summed E-state index contributed by atoms with van der Waals surface area (Å²) in [6, 6.07) is 6.46. The second kappa shape index (κ2) is 8.34. The standard InChI is InChI=1S/C15H17N3O5S/c1-3-22-14(20)10-4-6-11(7-5-10)16-12(19)8-9-24-13-15(21)23-17-18(13)2/h4-7H,3,8-9H2,1-2H3,(H-,16,17,19,20,21)/p+1. The zero-order valence-electron chi connectivity index (χ0n) is 13.3. The molecule has 2 N–H and O–H groups in total. The van der Waals surface area contributed by atoms with Gasteiger partial charge in [0, 0.05) is 17.9 Å². The van der Waals surface area contributed by atoms with E-state index in [1.54, 1.807) is 38.2 Å². The molecule has 0 spiro atoms. The lowest BCUT2D eigenvalue weighted by Gasteiger charge is -2.06. The van der Waals surface area contributed by atoms with E-state index in [9.17, 15) is 14.4 Å². The van der Waals surface area contributed by atoms with E-state index in [0.717, 1.165) is 0 Å². The molecule has 1 aromatic heterocycles. The average Bonchev–Trinajstić information content (AvgIpc) is 2.87. The van der Waals surface area contributed by atoms with Gasteiger partial charge in [0.15, 0.2) is 7.05 Å². The minimum atomic E-state index is -0.461. The number of aromatic amines is 1. The van der Waals surface area contributed by atoms with Crippen molar-refractivity contribution in [1.29, 1.82) is 0 Å². The van der Waals surface area contributed by atoms with Crippen molar-refractivity contribution in [2.24, 2.45) is 7.05 Å². The van der Waals surface area contributed by atoms with E-state index in [0.29, 0.717) is 28.6 Å². The maximum Gasteiger partial charge on any atom is 0.441 e. The number of H-pyrrole nitrogens is 1. The highest BCUT2D eigenvalue weighted by atomic mass is 32.2. The molecule has 0 saturated carbocycles. The number of amides is 1. The minimum absolute atomic E-state index is 0.186. The first-order valence-electron chi connectivity index (χ1n) is 7.28. The number of ether oxygens (including phenoxy) is 1. The molecule has 0 aliphatic heterocycles. The molecule has 0 aliphatic rings. The third-order valence-corrected chi connectivity index (χ3v) is 4.12. The summed E-state index contributed by atoms with van der Waals surface area (Å²) < 4.78 is 11.0.